The number of furan rings is 1. The average molecular weight is 420 g/mol. The van der Waals surface area contributed by atoms with Gasteiger partial charge in [0.25, 0.3) is 5.91 Å². The summed E-state index contributed by atoms with van der Waals surface area (Å²) in [7, 11) is 1.57. The first-order valence-corrected chi connectivity index (χ1v) is 9.93. The molecule has 160 valence electrons. The van der Waals surface area contributed by atoms with E-state index < -0.39 is 0 Å². The van der Waals surface area contributed by atoms with Gasteiger partial charge in [-0.1, -0.05) is 12.1 Å². The maximum absolute atomic E-state index is 12.2. The van der Waals surface area contributed by atoms with Gasteiger partial charge in [0.2, 0.25) is 5.91 Å². The van der Waals surface area contributed by atoms with E-state index in [1.165, 1.54) is 6.26 Å². The smallest absolute Gasteiger partial charge is 0.291 e. The average Bonchev–Trinajstić information content (AvgIpc) is 3.34. The van der Waals surface area contributed by atoms with E-state index in [-0.39, 0.29) is 29.8 Å². The predicted octanol–water partition coefficient (Wildman–Crippen LogP) is 4.21. The molecule has 2 amide bonds. The number of Topliss-reactive ketones (excluding diaryl/α,β-unsaturated/α-hetero) is 1. The van der Waals surface area contributed by atoms with Crippen LogP contribution in [0.25, 0.3) is 0 Å². The maximum Gasteiger partial charge on any atom is 0.291 e. The summed E-state index contributed by atoms with van der Waals surface area (Å²) in [4.78, 5) is 36.2. The molecule has 0 atom stereocenters. The fourth-order valence-electron chi connectivity index (χ4n) is 2.93. The maximum atomic E-state index is 12.2. The topological polar surface area (TPSA) is 97.6 Å². The molecule has 0 unspecified atom stereocenters. The number of hydrogen-bond donors (Lipinski definition) is 2. The van der Waals surface area contributed by atoms with E-state index in [0.717, 1.165) is 5.56 Å². The van der Waals surface area contributed by atoms with Crippen LogP contribution in [0.1, 0.15) is 45.7 Å². The van der Waals surface area contributed by atoms with Crippen LogP contribution in [0, 0.1) is 0 Å². The summed E-state index contributed by atoms with van der Waals surface area (Å²) in [6.07, 6.45) is 2.51. The minimum atomic E-state index is -0.324. The molecule has 1 heterocycles. The Bertz CT molecular complexity index is 1010. The zero-order chi connectivity index (χ0) is 22.1. The molecule has 0 saturated heterocycles. The Morgan fingerprint density at radius 2 is 1.68 bits per heavy atom. The third-order valence-electron chi connectivity index (χ3n) is 4.67. The highest BCUT2D eigenvalue weighted by Gasteiger charge is 2.10. The molecule has 31 heavy (non-hydrogen) atoms. The number of rotatable bonds is 10. The Labute approximate surface area is 180 Å². The number of benzene rings is 2. The van der Waals surface area contributed by atoms with Crippen molar-refractivity contribution >= 4 is 23.3 Å². The minimum Gasteiger partial charge on any atom is -0.497 e. The SMILES string of the molecule is COc1ccc(C(=O)CCCC(=O)NCc2ccc(NC(=O)c3ccco3)cc2)cc1. The fourth-order valence-corrected chi connectivity index (χ4v) is 2.93. The minimum absolute atomic E-state index is 0.00244. The van der Waals surface area contributed by atoms with Crippen LogP contribution in [0.5, 0.6) is 5.75 Å². The number of amides is 2. The van der Waals surface area contributed by atoms with E-state index in [2.05, 4.69) is 10.6 Å². The van der Waals surface area contributed by atoms with Crippen molar-refractivity contribution < 1.29 is 23.5 Å². The lowest BCUT2D eigenvalue weighted by Crippen LogP contribution is -2.22. The van der Waals surface area contributed by atoms with Gasteiger partial charge in [0.1, 0.15) is 5.75 Å². The molecule has 7 nitrogen and oxygen atoms in total. The van der Waals surface area contributed by atoms with Crippen LogP contribution < -0.4 is 15.4 Å². The summed E-state index contributed by atoms with van der Waals surface area (Å²) in [5.41, 5.74) is 2.15. The van der Waals surface area contributed by atoms with Gasteiger partial charge in [0, 0.05) is 30.6 Å². The Kier molecular flexibility index (Phi) is 7.59. The molecular weight excluding hydrogens is 396 g/mol. The second-order valence-electron chi connectivity index (χ2n) is 6.91. The molecule has 0 radical (unpaired) electrons. The number of ketones is 1. The van der Waals surface area contributed by atoms with Crippen LogP contribution in [-0.4, -0.2) is 24.7 Å². The molecule has 0 aliphatic rings. The standard InChI is InChI=1S/C24H24N2O5/c1-30-20-13-9-18(10-14-20)21(27)4-2-6-23(28)25-16-17-7-11-19(12-8-17)26-24(29)22-5-3-15-31-22/h3,5,7-15H,2,4,6,16H2,1H3,(H,25,28)(H,26,29). The van der Waals surface area contributed by atoms with E-state index >= 15 is 0 Å². The van der Waals surface area contributed by atoms with E-state index in [1.54, 1.807) is 55.6 Å². The van der Waals surface area contributed by atoms with Crippen LogP contribution in [0.2, 0.25) is 0 Å². The molecule has 3 rings (SSSR count). The first kappa shape index (κ1) is 21.8. The summed E-state index contributed by atoms with van der Waals surface area (Å²) < 4.78 is 10.1. The number of carbonyl (C=O) groups excluding carboxylic acids is 3. The van der Waals surface area contributed by atoms with Crippen molar-refractivity contribution in [3.63, 3.8) is 0 Å². The Hall–Kier alpha value is -3.87. The zero-order valence-corrected chi connectivity index (χ0v) is 17.2. The molecule has 0 bridgehead atoms. The first-order valence-electron chi connectivity index (χ1n) is 9.93. The number of ether oxygens (including phenoxy) is 1. The first-order chi connectivity index (χ1) is 15.0. The molecule has 3 aromatic rings. The van der Waals surface area contributed by atoms with Gasteiger partial charge in [0.05, 0.1) is 13.4 Å². The van der Waals surface area contributed by atoms with Crippen molar-refractivity contribution in [1.29, 1.82) is 0 Å². The molecule has 1 aromatic heterocycles. The Morgan fingerprint density at radius 1 is 0.935 bits per heavy atom. The van der Waals surface area contributed by atoms with Gasteiger partial charge in [-0.2, -0.15) is 0 Å². The lowest BCUT2D eigenvalue weighted by atomic mass is 10.1. The Balaban J connectivity index is 1.37. The number of anilines is 1. The van der Waals surface area contributed by atoms with Crippen molar-refractivity contribution in [2.24, 2.45) is 0 Å². The van der Waals surface area contributed by atoms with Crippen LogP contribution in [0.15, 0.2) is 71.3 Å². The van der Waals surface area contributed by atoms with Crippen LogP contribution in [0.4, 0.5) is 5.69 Å². The summed E-state index contributed by atoms with van der Waals surface area (Å²) in [6.45, 7) is 0.373. The van der Waals surface area contributed by atoms with Crippen molar-refractivity contribution in [2.75, 3.05) is 12.4 Å². The molecule has 7 heteroatoms. The van der Waals surface area contributed by atoms with Gasteiger partial charge in [-0.3, -0.25) is 14.4 Å². The highest BCUT2D eigenvalue weighted by atomic mass is 16.5. The van der Waals surface area contributed by atoms with Crippen molar-refractivity contribution in [3.05, 3.63) is 83.8 Å². The summed E-state index contributed by atoms with van der Waals surface area (Å²) >= 11 is 0. The van der Waals surface area contributed by atoms with Crippen molar-refractivity contribution in [2.45, 2.75) is 25.8 Å². The lowest BCUT2D eigenvalue weighted by Gasteiger charge is -2.07. The van der Waals surface area contributed by atoms with Gasteiger partial charge in [-0.05, 0) is 60.5 Å². The van der Waals surface area contributed by atoms with Gasteiger partial charge in [-0.15, -0.1) is 0 Å². The van der Waals surface area contributed by atoms with E-state index in [0.29, 0.717) is 36.4 Å². The van der Waals surface area contributed by atoms with Crippen LogP contribution in [-0.2, 0) is 11.3 Å². The van der Waals surface area contributed by atoms with Gasteiger partial charge >= 0.3 is 0 Å². The molecular formula is C24H24N2O5. The number of nitrogens with one attached hydrogen (secondary N) is 2. The third kappa shape index (κ3) is 6.57. The van der Waals surface area contributed by atoms with Crippen LogP contribution in [0.3, 0.4) is 0 Å². The second kappa shape index (κ2) is 10.8. The van der Waals surface area contributed by atoms with E-state index in [1.807, 2.05) is 12.1 Å². The number of carbonyl (C=O) groups is 3. The highest BCUT2D eigenvalue weighted by Crippen LogP contribution is 2.14. The van der Waals surface area contributed by atoms with Crippen molar-refractivity contribution in [1.82, 2.24) is 5.32 Å². The number of hydrogen-bond acceptors (Lipinski definition) is 5. The molecule has 0 saturated carbocycles. The van der Waals surface area contributed by atoms with Gasteiger partial charge in [0.15, 0.2) is 11.5 Å². The zero-order valence-electron chi connectivity index (χ0n) is 17.2. The largest absolute Gasteiger partial charge is 0.497 e. The second-order valence-corrected chi connectivity index (χ2v) is 6.91. The van der Waals surface area contributed by atoms with Gasteiger partial charge < -0.3 is 19.8 Å². The summed E-state index contributed by atoms with van der Waals surface area (Å²) in [6, 6.07) is 17.3. The molecule has 0 aliphatic carbocycles. The normalized spacial score (nSPS) is 10.4. The Morgan fingerprint density at radius 3 is 2.32 bits per heavy atom. The summed E-state index contributed by atoms with van der Waals surface area (Å²) in [5, 5.41) is 5.58. The van der Waals surface area contributed by atoms with E-state index in [9.17, 15) is 14.4 Å². The monoisotopic (exact) mass is 420 g/mol. The third-order valence-corrected chi connectivity index (χ3v) is 4.67. The molecule has 0 aliphatic heterocycles. The number of methoxy groups -OCH3 is 1. The summed E-state index contributed by atoms with van der Waals surface area (Å²) in [5.74, 6) is 0.501. The lowest BCUT2D eigenvalue weighted by molar-refractivity contribution is -0.121. The molecule has 0 spiro atoms. The quantitative estimate of drug-likeness (QED) is 0.479. The van der Waals surface area contributed by atoms with E-state index in [4.69, 9.17) is 9.15 Å². The molecule has 2 aromatic carbocycles. The molecule has 2 N–H and O–H groups in total. The van der Waals surface area contributed by atoms with Crippen molar-refractivity contribution in [3.8, 4) is 5.75 Å². The molecule has 0 fully saturated rings. The van der Waals surface area contributed by atoms with Crippen LogP contribution >= 0.6 is 0 Å². The highest BCUT2D eigenvalue weighted by molar-refractivity contribution is 6.02. The fraction of sp³-hybridized carbons (Fsp3) is 0.208. The van der Waals surface area contributed by atoms with Gasteiger partial charge in [-0.25, -0.2) is 0 Å². The predicted molar refractivity (Wildman–Crippen MR) is 116 cm³/mol.